The number of amides is 1. The van der Waals surface area contributed by atoms with Crippen LogP contribution in [-0.4, -0.2) is 35.4 Å². The number of unbranched alkanes of at least 4 members (excludes halogenated alkanes) is 1. The largest absolute Gasteiger partial charge is 0.321 e. The number of nitrogens with one attached hydrogen (secondary N) is 1. The van der Waals surface area contributed by atoms with Crippen molar-refractivity contribution in [3.63, 3.8) is 0 Å². The molecule has 0 spiro atoms. The highest BCUT2D eigenvalue weighted by molar-refractivity contribution is 7.98. The monoisotopic (exact) mass is 292 g/mol. The minimum atomic E-state index is -0.0120. The number of hydrogen-bond donors (Lipinski definition) is 1. The van der Waals surface area contributed by atoms with Crippen molar-refractivity contribution in [2.24, 2.45) is 0 Å². The highest BCUT2D eigenvalue weighted by Gasteiger charge is 2.38. The van der Waals surface area contributed by atoms with Crippen molar-refractivity contribution >= 4 is 17.7 Å². The van der Waals surface area contributed by atoms with Crippen LogP contribution in [0.4, 0.5) is 0 Å². The van der Waals surface area contributed by atoms with Crippen LogP contribution in [0.3, 0.4) is 0 Å². The molecule has 1 aromatic rings. The Bertz CT molecular complexity index is 424. The first kappa shape index (κ1) is 15.4. The lowest BCUT2D eigenvalue weighted by Crippen LogP contribution is -2.33. The van der Waals surface area contributed by atoms with Crippen molar-refractivity contribution in [2.75, 3.05) is 18.6 Å². The summed E-state index contributed by atoms with van der Waals surface area (Å²) in [5.74, 6) is 1.25. The zero-order valence-corrected chi connectivity index (χ0v) is 13.2. The van der Waals surface area contributed by atoms with Crippen LogP contribution in [-0.2, 0) is 4.79 Å². The Balaban J connectivity index is 2.13. The molecule has 0 radical (unpaired) electrons. The van der Waals surface area contributed by atoms with Crippen molar-refractivity contribution in [2.45, 2.75) is 38.4 Å². The molecule has 1 aliphatic rings. The molecule has 4 heteroatoms. The van der Waals surface area contributed by atoms with E-state index in [1.165, 1.54) is 5.56 Å². The first-order valence-corrected chi connectivity index (χ1v) is 8.77. The molecule has 2 unspecified atom stereocenters. The molecule has 2 rings (SSSR count). The van der Waals surface area contributed by atoms with E-state index < -0.39 is 0 Å². The number of nitrogens with zero attached hydrogens (tertiary/aromatic N) is 1. The van der Waals surface area contributed by atoms with E-state index in [0.717, 1.165) is 31.6 Å². The molecular weight excluding hydrogens is 268 g/mol. The molecule has 1 N–H and O–H groups in total. The van der Waals surface area contributed by atoms with Crippen LogP contribution in [0.15, 0.2) is 30.3 Å². The van der Waals surface area contributed by atoms with Gasteiger partial charge in [0.15, 0.2) is 0 Å². The summed E-state index contributed by atoms with van der Waals surface area (Å²) in [5.41, 5.74) is 1.18. The standard InChI is InChI=1S/C16H24N2OS/c1-3-4-10-14-16(19)18(11-12-20-2)15(17-14)13-8-6-5-7-9-13/h5-9,14-15,17H,3-4,10-12H2,1-2H3. The van der Waals surface area contributed by atoms with E-state index in [-0.39, 0.29) is 18.1 Å². The van der Waals surface area contributed by atoms with Crippen molar-refractivity contribution in [3.05, 3.63) is 35.9 Å². The lowest BCUT2D eigenvalue weighted by Gasteiger charge is -2.24. The second kappa shape index (κ2) is 7.70. The van der Waals surface area contributed by atoms with Gasteiger partial charge in [0.05, 0.1) is 6.04 Å². The van der Waals surface area contributed by atoms with Gasteiger partial charge in [-0.25, -0.2) is 0 Å². The smallest absolute Gasteiger partial charge is 0.241 e. The van der Waals surface area contributed by atoms with E-state index in [2.05, 4.69) is 30.6 Å². The van der Waals surface area contributed by atoms with Crippen molar-refractivity contribution in [1.29, 1.82) is 0 Å². The zero-order chi connectivity index (χ0) is 14.4. The Kier molecular flexibility index (Phi) is 5.92. The molecule has 0 bridgehead atoms. The maximum Gasteiger partial charge on any atom is 0.241 e. The Morgan fingerprint density at radius 2 is 2.05 bits per heavy atom. The zero-order valence-electron chi connectivity index (χ0n) is 12.3. The Morgan fingerprint density at radius 1 is 1.30 bits per heavy atom. The predicted octanol–water partition coefficient (Wildman–Crippen LogP) is 3.04. The average Bonchev–Trinajstić information content (AvgIpc) is 2.80. The molecule has 1 fully saturated rings. The van der Waals surface area contributed by atoms with Gasteiger partial charge < -0.3 is 4.90 Å². The number of carbonyl (C=O) groups excluding carboxylic acids is 1. The molecule has 2 atom stereocenters. The van der Waals surface area contributed by atoms with Crippen LogP contribution in [0.5, 0.6) is 0 Å². The number of rotatable bonds is 7. The molecule has 110 valence electrons. The second-order valence-corrected chi connectivity index (χ2v) is 6.18. The third kappa shape index (κ3) is 3.55. The van der Waals surface area contributed by atoms with Gasteiger partial charge in [-0.3, -0.25) is 10.1 Å². The molecule has 0 aliphatic carbocycles. The average molecular weight is 292 g/mol. The molecule has 1 aromatic carbocycles. The lowest BCUT2D eigenvalue weighted by molar-refractivity contribution is -0.130. The molecule has 0 aromatic heterocycles. The Hall–Kier alpha value is -1.00. The van der Waals surface area contributed by atoms with Crippen LogP contribution in [0.25, 0.3) is 0 Å². The van der Waals surface area contributed by atoms with E-state index in [9.17, 15) is 4.79 Å². The van der Waals surface area contributed by atoms with Gasteiger partial charge in [-0.1, -0.05) is 50.1 Å². The fraction of sp³-hybridized carbons (Fsp3) is 0.562. The first-order chi connectivity index (χ1) is 9.77. The van der Waals surface area contributed by atoms with Gasteiger partial charge in [-0.2, -0.15) is 11.8 Å². The van der Waals surface area contributed by atoms with Gasteiger partial charge in [-0.15, -0.1) is 0 Å². The van der Waals surface area contributed by atoms with Gasteiger partial charge in [0, 0.05) is 12.3 Å². The maximum absolute atomic E-state index is 12.6. The third-order valence-electron chi connectivity index (χ3n) is 3.75. The van der Waals surface area contributed by atoms with Crippen LogP contribution >= 0.6 is 11.8 Å². The Labute approximate surface area is 126 Å². The minimum Gasteiger partial charge on any atom is -0.321 e. The summed E-state index contributed by atoms with van der Waals surface area (Å²) in [5, 5.41) is 3.52. The minimum absolute atomic E-state index is 0.0120. The van der Waals surface area contributed by atoms with Crippen LogP contribution in [0.1, 0.15) is 37.9 Å². The van der Waals surface area contributed by atoms with Crippen LogP contribution in [0.2, 0.25) is 0 Å². The SMILES string of the molecule is CCCCC1NC(c2ccccc2)N(CCSC)C1=O. The summed E-state index contributed by atoms with van der Waals surface area (Å²) in [6.45, 7) is 2.98. The topological polar surface area (TPSA) is 32.3 Å². The lowest BCUT2D eigenvalue weighted by atomic mass is 10.1. The summed E-state index contributed by atoms with van der Waals surface area (Å²) in [4.78, 5) is 14.6. The molecule has 1 saturated heterocycles. The fourth-order valence-electron chi connectivity index (χ4n) is 2.63. The molecule has 1 aliphatic heterocycles. The summed E-state index contributed by atoms with van der Waals surface area (Å²) in [6, 6.07) is 10.3. The second-order valence-electron chi connectivity index (χ2n) is 5.20. The van der Waals surface area contributed by atoms with Crippen LogP contribution < -0.4 is 5.32 Å². The number of benzene rings is 1. The molecule has 1 heterocycles. The van der Waals surface area contributed by atoms with Crippen molar-refractivity contribution in [3.8, 4) is 0 Å². The summed E-state index contributed by atoms with van der Waals surface area (Å²) in [6.07, 6.45) is 5.29. The quantitative estimate of drug-likeness (QED) is 0.838. The first-order valence-electron chi connectivity index (χ1n) is 7.38. The third-order valence-corrected chi connectivity index (χ3v) is 4.34. The van der Waals surface area contributed by atoms with Gasteiger partial charge >= 0.3 is 0 Å². The van der Waals surface area contributed by atoms with Crippen molar-refractivity contribution in [1.82, 2.24) is 10.2 Å². The normalized spacial score (nSPS) is 22.5. The van der Waals surface area contributed by atoms with Gasteiger partial charge in [0.2, 0.25) is 5.91 Å². The van der Waals surface area contributed by atoms with E-state index >= 15 is 0 Å². The van der Waals surface area contributed by atoms with Crippen molar-refractivity contribution < 1.29 is 4.79 Å². The van der Waals surface area contributed by atoms with Gasteiger partial charge in [0.1, 0.15) is 6.17 Å². The molecular formula is C16H24N2OS. The molecule has 1 amide bonds. The molecule has 20 heavy (non-hydrogen) atoms. The van der Waals surface area contributed by atoms with Gasteiger partial charge in [0.25, 0.3) is 0 Å². The van der Waals surface area contributed by atoms with E-state index in [1.54, 1.807) is 11.8 Å². The maximum atomic E-state index is 12.6. The summed E-state index contributed by atoms with van der Waals surface area (Å²) in [7, 11) is 0. The highest BCUT2D eigenvalue weighted by Crippen LogP contribution is 2.27. The Morgan fingerprint density at radius 3 is 2.70 bits per heavy atom. The highest BCUT2D eigenvalue weighted by atomic mass is 32.2. The number of carbonyl (C=O) groups is 1. The van der Waals surface area contributed by atoms with Crippen LogP contribution in [0, 0.1) is 0 Å². The summed E-state index contributed by atoms with van der Waals surface area (Å²) < 4.78 is 0. The molecule has 0 saturated carbocycles. The van der Waals surface area contributed by atoms with E-state index in [0.29, 0.717) is 0 Å². The van der Waals surface area contributed by atoms with E-state index in [4.69, 9.17) is 0 Å². The summed E-state index contributed by atoms with van der Waals surface area (Å²) >= 11 is 1.79. The number of hydrogen-bond acceptors (Lipinski definition) is 3. The molecule has 3 nitrogen and oxygen atoms in total. The van der Waals surface area contributed by atoms with Gasteiger partial charge in [-0.05, 0) is 18.2 Å². The predicted molar refractivity (Wildman–Crippen MR) is 85.7 cm³/mol. The number of thioether (sulfide) groups is 1. The fourth-order valence-corrected chi connectivity index (χ4v) is 3.01. The van der Waals surface area contributed by atoms with E-state index in [1.807, 2.05) is 23.1 Å².